The van der Waals surface area contributed by atoms with Gasteiger partial charge in [0.1, 0.15) is 0 Å². The van der Waals surface area contributed by atoms with Gasteiger partial charge >= 0.3 is 0 Å². The van der Waals surface area contributed by atoms with E-state index in [0.29, 0.717) is 23.9 Å². The van der Waals surface area contributed by atoms with Crippen molar-refractivity contribution in [2.45, 2.75) is 44.6 Å². The highest BCUT2D eigenvalue weighted by molar-refractivity contribution is 7.89. The highest BCUT2D eigenvalue weighted by Crippen LogP contribution is 2.31. The Labute approximate surface area is 127 Å². The summed E-state index contributed by atoms with van der Waals surface area (Å²) < 4.78 is 26.9. The minimum Gasteiger partial charge on any atom is -0.393 e. The van der Waals surface area contributed by atoms with E-state index in [-0.39, 0.29) is 5.92 Å². The monoisotopic (exact) mass is 311 g/mol. The molecule has 0 aromatic heterocycles. The van der Waals surface area contributed by atoms with E-state index in [0.717, 1.165) is 18.4 Å². The van der Waals surface area contributed by atoms with E-state index in [2.05, 4.69) is 6.92 Å². The fourth-order valence-corrected chi connectivity index (χ4v) is 4.62. The van der Waals surface area contributed by atoms with Gasteiger partial charge in [-0.2, -0.15) is 4.31 Å². The third-order valence-electron chi connectivity index (χ3n) is 4.57. The third kappa shape index (κ3) is 3.47. The Balaban J connectivity index is 2.23. The molecule has 1 aromatic carbocycles. The van der Waals surface area contributed by atoms with Gasteiger partial charge in [-0.05, 0) is 38.3 Å². The van der Waals surface area contributed by atoms with E-state index >= 15 is 0 Å². The van der Waals surface area contributed by atoms with E-state index in [4.69, 9.17) is 0 Å². The number of aliphatic hydroxyl groups is 1. The average molecular weight is 311 g/mol. The second-order valence-electron chi connectivity index (χ2n) is 6.04. The van der Waals surface area contributed by atoms with Gasteiger partial charge in [-0.1, -0.05) is 31.0 Å². The summed E-state index contributed by atoms with van der Waals surface area (Å²) in [5, 5.41) is 9.95. The highest BCUT2D eigenvalue weighted by atomic mass is 32.2. The first-order valence-electron chi connectivity index (χ1n) is 7.61. The van der Waals surface area contributed by atoms with Gasteiger partial charge in [0.25, 0.3) is 0 Å². The molecule has 0 aliphatic carbocycles. The van der Waals surface area contributed by atoms with Crippen LogP contribution >= 0.6 is 0 Å². The molecule has 0 saturated carbocycles. The molecule has 1 aliphatic rings. The second-order valence-corrected chi connectivity index (χ2v) is 7.98. The number of aliphatic hydroxyl groups excluding tert-OH is 1. The number of rotatable bonds is 4. The number of aryl methyl sites for hydroxylation is 1. The van der Waals surface area contributed by atoms with Crippen molar-refractivity contribution >= 4 is 10.0 Å². The molecule has 5 heteroatoms. The van der Waals surface area contributed by atoms with Crippen LogP contribution in [-0.4, -0.2) is 37.0 Å². The molecule has 21 heavy (non-hydrogen) atoms. The number of benzene rings is 1. The zero-order valence-electron chi connectivity index (χ0n) is 13.0. The van der Waals surface area contributed by atoms with Crippen molar-refractivity contribution in [2.75, 3.05) is 13.1 Å². The fourth-order valence-electron chi connectivity index (χ4n) is 3.13. The van der Waals surface area contributed by atoms with Crippen molar-refractivity contribution in [3.8, 4) is 0 Å². The van der Waals surface area contributed by atoms with Crippen molar-refractivity contribution in [2.24, 2.45) is 11.8 Å². The van der Waals surface area contributed by atoms with Gasteiger partial charge in [-0.25, -0.2) is 8.42 Å². The summed E-state index contributed by atoms with van der Waals surface area (Å²) in [7, 11) is -3.45. The Bertz CT molecular complexity index is 566. The highest BCUT2D eigenvalue weighted by Gasteiger charge is 2.36. The molecule has 2 rings (SSSR count). The summed E-state index contributed by atoms with van der Waals surface area (Å²) in [6.07, 6.45) is 1.32. The van der Waals surface area contributed by atoms with Crippen molar-refractivity contribution in [1.82, 2.24) is 4.31 Å². The van der Waals surface area contributed by atoms with Crippen LogP contribution in [0.25, 0.3) is 0 Å². The molecule has 1 aliphatic heterocycles. The molecule has 1 saturated heterocycles. The van der Waals surface area contributed by atoms with Crippen LogP contribution in [0.2, 0.25) is 0 Å². The summed E-state index contributed by atoms with van der Waals surface area (Å²) in [6, 6.07) is 6.96. The predicted octanol–water partition coefficient (Wildman–Crippen LogP) is 2.41. The van der Waals surface area contributed by atoms with Crippen LogP contribution in [0.4, 0.5) is 0 Å². The Morgan fingerprint density at radius 1 is 1.33 bits per heavy atom. The van der Waals surface area contributed by atoms with E-state index in [9.17, 15) is 13.5 Å². The summed E-state index contributed by atoms with van der Waals surface area (Å²) in [4.78, 5) is 0.340. The SMILES string of the molecule is CCC1CCN(S(=O)(=O)c2ccc(C)cc2)CC1[C@H](C)O. The fraction of sp³-hybridized carbons (Fsp3) is 0.625. The molecule has 118 valence electrons. The zero-order chi connectivity index (χ0) is 15.6. The van der Waals surface area contributed by atoms with E-state index < -0.39 is 16.1 Å². The smallest absolute Gasteiger partial charge is 0.243 e. The number of sulfonamides is 1. The molecular weight excluding hydrogens is 286 g/mol. The normalized spacial score (nSPS) is 25.7. The van der Waals surface area contributed by atoms with E-state index in [1.165, 1.54) is 4.31 Å². The first-order chi connectivity index (χ1) is 9.86. The van der Waals surface area contributed by atoms with Gasteiger partial charge in [-0.3, -0.25) is 0 Å². The van der Waals surface area contributed by atoms with Crippen LogP contribution in [0.1, 0.15) is 32.3 Å². The van der Waals surface area contributed by atoms with Gasteiger partial charge in [0, 0.05) is 19.0 Å². The summed E-state index contributed by atoms with van der Waals surface area (Å²) in [5.74, 6) is 0.415. The molecule has 4 nitrogen and oxygen atoms in total. The van der Waals surface area contributed by atoms with Gasteiger partial charge in [-0.15, -0.1) is 0 Å². The van der Waals surface area contributed by atoms with Crippen LogP contribution < -0.4 is 0 Å². The lowest BCUT2D eigenvalue weighted by Gasteiger charge is -2.39. The summed E-state index contributed by atoms with van der Waals surface area (Å²) in [6.45, 7) is 6.75. The van der Waals surface area contributed by atoms with Crippen molar-refractivity contribution < 1.29 is 13.5 Å². The first-order valence-corrected chi connectivity index (χ1v) is 9.05. The molecule has 0 spiro atoms. The number of nitrogens with zero attached hydrogens (tertiary/aromatic N) is 1. The van der Waals surface area contributed by atoms with Crippen molar-refractivity contribution in [1.29, 1.82) is 0 Å². The van der Waals surface area contributed by atoms with Crippen molar-refractivity contribution in [3.05, 3.63) is 29.8 Å². The first kappa shape index (κ1) is 16.5. The van der Waals surface area contributed by atoms with Gasteiger partial charge in [0.15, 0.2) is 0 Å². The molecule has 0 radical (unpaired) electrons. The summed E-state index contributed by atoms with van der Waals surface area (Å²) in [5.41, 5.74) is 1.04. The maximum atomic E-state index is 12.7. The molecule has 1 heterocycles. The van der Waals surface area contributed by atoms with Crippen molar-refractivity contribution in [3.63, 3.8) is 0 Å². The number of hydrogen-bond acceptors (Lipinski definition) is 3. The van der Waals surface area contributed by atoms with E-state index in [1.807, 2.05) is 19.1 Å². The topological polar surface area (TPSA) is 57.6 Å². The van der Waals surface area contributed by atoms with Crippen LogP contribution in [0.3, 0.4) is 0 Å². The standard InChI is InChI=1S/C16H25NO3S/c1-4-14-9-10-17(11-16(14)13(3)18)21(19,20)15-7-5-12(2)6-8-15/h5-8,13-14,16,18H,4,9-11H2,1-3H3/t13-,14?,16?/m0/s1. The molecular formula is C16H25NO3S. The molecule has 3 atom stereocenters. The minimum atomic E-state index is -3.45. The van der Waals surface area contributed by atoms with E-state index in [1.54, 1.807) is 19.1 Å². The summed E-state index contributed by atoms with van der Waals surface area (Å²) >= 11 is 0. The average Bonchev–Trinajstić information content (AvgIpc) is 2.46. The minimum absolute atomic E-state index is 0.0176. The zero-order valence-corrected chi connectivity index (χ0v) is 13.8. The Morgan fingerprint density at radius 3 is 2.48 bits per heavy atom. The van der Waals surface area contributed by atoms with Gasteiger partial charge in [0.05, 0.1) is 11.0 Å². The lowest BCUT2D eigenvalue weighted by molar-refractivity contribution is 0.0464. The second kappa shape index (κ2) is 6.46. The largest absolute Gasteiger partial charge is 0.393 e. The quantitative estimate of drug-likeness (QED) is 0.929. The predicted molar refractivity (Wildman–Crippen MR) is 83.5 cm³/mol. The number of hydrogen-bond donors (Lipinski definition) is 1. The lowest BCUT2D eigenvalue weighted by atomic mass is 9.81. The Kier molecular flexibility index (Phi) is 5.07. The Morgan fingerprint density at radius 2 is 1.95 bits per heavy atom. The molecule has 1 fully saturated rings. The van der Waals surface area contributed by atoms with Crippen LogP contribution in [0.5, 0.6) is 0 Å². The van der Waals surface area contributed by atoms with Gasteiger partial charge in [0.2, 0.25) is 10.0 Å². The maximum absolute atomic E-state index is 12.7. The third-order valence-corrected chi connectivity index (χ3v) is 6.45. The molecule has 1 N–H and O–H groups in total. The Hall–Kier alpha value is -0.910. The maximum Gasteiger partial charge on any atom is 0.243 e. The van der Waals surface area contributed by atoms with Crippen LogP contribution in [-0.2, 0) is 10.0 Å². The molecule has 1 aromatic rings. The lowest BCUT2D eigenvalue weighted by Crippen LogP contribution is -2.46. The van der Waals surface area contributed by atoms with Crippen LogP contribution in [0, 0.1) is 18.8 Å². The van der Waals surface area contributed by atoms with Crippen LogP contribution in [0.15, 0.2) is 29.2 Å². The van der Waals surface area contributed by atoms with Gasteiger partial charge < -0.3 is 5.11 Å². The molecule has 0 bridgehead atoms. The molecule has 2 unspecified atom stereocenters. The number of piperidine rings is 1. The molecule has 0 amide bonds.